The van der Waals surface area contributed by atoms with Crippen molar-refractivity contribution in [2.45, 2.75) is 33.4 Å². The molecule has 0 fully saturated rings. The normalized spacial score (nSPS) is 12.4. The van der Waals surface area contributed by atoms with Crippen LogP contribution < -0.4 is 5.32 Å². The molecule has 0 aliphatic carbocycles. The van der Waals surface area contributed by atoms with Crippen LogP contribution in [0, 0.1) is 19.7 Å². The van der Waals surface area contributed by atoms with Gasteiger partial charge in [0, 0.05) is 12.6 Å². The molecule has 0 aliphatic heterocycles. The van der Waals surface area contributed by atoms with Crippen LogP contribution in [0.5, 0.6) is 0 Å². The third kappa shape index (κ3) is 3.65. The van der Waals surface area contributed by atoms with E-state index in [9.17, 15) is 4.39 Å². The number of rotatable bonds is 4. The van der Waals surface area contributed by atoms with E-state index in [2.05, 4.69) is 43.4 Å². The van der Waals surface area contributed by atoms with Crippen LogP contribution in [0.2, 0.25) is 0 Å². The summed E-state index contributed by atoms with van der Waals surface area (Å²) < 4.78 is 13.2. The van der Waals surface area contributed by atoms with Gasteiger partial charge in [-0.05, 0) is 49.6 Å². The Bertz CT molecular complexity index is 546. The van der Waals surface area contributed by atoms with E-state index in [0.29, 0.717) is 6.54 Å². The number of hydrogen-bond acceptors (Lipinski definition) is 1. The highest BCUT2D eigenvalue weighted by Crippen LogP contribution is 2.15. The maximum absolute atomic E-state index is 13.2. The Morgan fingerprint density at radius 2 is 1.74 bits per heavy atom. The predicted molar refractivity (Wildman–Crippen MR) is 77.6 cm³/mol. The maximum atomic E-state index is 13.2. The zero-order chi connectivity index (χ0) is 13.8. The molecule has 1 atom stereocenters. The SMILES string of the molecule is Cc1ccc([C@@H](C)NCc2cc(F)ccc2C)cc1. The van der Waals surface area contributed by atoms with Crippen molar-refractivity contribution in [1.82, 2.24) is 5.32 Å². The molecule has 0 radical (unpaired) electrons. The minimum absolute atomic E-state index is 0.176. The number of aryl methyl sites for hydroxylation is 2. The summed E-state index contributed by atoms with van der Waals surface area (Å²) in [6.45, 7) is 6.89. The van der Waals surface area contributed by atoms with E-state index >= 15 is 0 Å². The van der Waals surface area contributed by atoms with Gasteiger partial charge in [-0.15, -0.1) is 0 Å². The Labute approximate surface area is 114 Å². The van der Waals surface area contributed by atoms with Crippen LogP contribution in [-0.2, 0) is 6.54 Å². The van der Waals surface area contributed by atoms with Crippen LogP contribution in [-0.4, -0.2) is 0 Å². The minimum Gasteiger partial charge on any atom is -0.306 e. The van der Waals surface area contributed by atoms with Gasteiger partial charge in [-0.2, -0.15) is 0 Å². The molecule has 2 aromatic carbocycles. The molecule has 1 nitrogen and oxygen atoms in total. The van der Waals surface area contributed by atoms with Crippen molar-refractivity contribution in [1.29, 1.82) is 0 Å². The predicted octanol–water partition coefficient (Wildman–Crippen LogP) is 4.29. The Morgan fingerprint density at radius 1 is 1.05 bits per heavy atom. The fourth-order valence-electron chi connectivity index (χ4n) is 2.07. The highest BCUT2D eigenvalue weighted by atomic mass is 19.1. The Hall–Kier alpha value is -1.67. The molecule has 2 aromatic rings. The number of benzene rings is 2. The maximum Gasteiger partial charge on any atom is 0.123 e. The quantitative estimate of drug-likeness (QED) is 0.861. The van der Waals surface area contributed by atoms with E-state index in [4.69, 9.17) is 0 Å². The highest BCUT2D eigenvalue weighted by molar-refractivity contribution is 5.27. The highest BCUT2D eigenvalue weighted by Gasteiger charge is 2.06. The fourth-order valence-corrected chi connectivity index (χ4v) is 2.07. The van der Waals surface area contributed by atoms with Crippen LogP contribution in [0.3, 0.4) is 0 Å². The summed E-state index contributed by atoms with van der Waals surface area (Å²) in [4.78, 5) is 0. The zero-order valence-corrected chi connectivity index (χ0v) is 11.7. The minimum atomic E-state index is -0.176. The molecule has 100 valence electrons. The average molecular weight is 257 g/mol. The third-order valence-electron chi connectivity index (χ3n) is 3.49. The van der Waals surface area contributed by atoms with Crippen LogP contribution in [0.25, 0.3) is 0 Å². The van der Waals surface area contributed by atoms with Crippen LogP contribution in [0.4, 0.5) is 4.39 Å². The molecule has 0 amide bonds. The van der Waals surface area contributed by atoms with Gasteiger partial charge in [0.25, 0.3) is 0 Å². The van der Waals surface area contributed by atoms with Crippen molar-refractivity contribution in [2.24, 2.45) is 0 Å². The molecule has 0 aromatic heterocycles. The molecule has 19 heavy (non-hydrogen) atoms. The summed E-state index contributed by atoms with van der Waals surface area (Å²) in [6, 6.07) is 13.7. The standard InChI is InChI=1S/C17H20FN/c1-12-4-7-15(8-5-12)14(3)19-11-16-10-17(18)9-6-13(16)2/h4-10,14,19H,11H2,1-3H3/t14-/m1/s1. The molecular formula is C17H20FN. The van der Waals surface area contributed by atoms with Crippen molar-refractivity contribution < 1.29 is 4.39 Å². The lowest BCUT2D eigenvalue weighted by molar-refractivity contribution is 0.567. The van der Waals surface area contributed by atoms with Gasteiger partial charge in [0.15, 0.2) is 0 Å². The average Bonchev–Trinajstić information content (AvgIpc) is 2.40. The van der Waals surface area contributed by atoms with Crippen molar-refractivity contribution in [3.8, 4) is 0 Å². The van der Waals surface area contributed by atoms with Gasteiger partial charge < -0.3 is 5.32 Å². The summed E-state index contributed by atoms with van der Waals surface area (Å²) >= 11 is 0. The second-order valence-corrected chi connectivity index (χ2v) is 5.08. The smallest absolute Gasteiger partial charge is 0.123 e. The van der Waals surface area contributed by atoms with Crippen LogP contribution >= 0.6 is 0 Å². The summed E-state index contributed by atoms with van der Waals surface area (Å²) in [6.07, 6.45) is 0. The molecular weight excluding hydrogens is 237 g/mol. The molecule has 0 heterocycles. The molecule has 0 bridgehead atoms. The fraction of sp³-hybridized carbons (Fsp3) is 0.294. The van der Waals surface area contributed by atoms with E-state index in [1.807, 2.05) is 13.0 Å². The van der Waals surface area contributed by atoms with Gasteiger partial charge in [0.1, 0.15) is 5.82 Å². The molecule has 0 aliphatic rings. The Kier molecular flexibility index (Phi) is 4.33. The monoisotopic (exact) mass is 257 g/mol. The Balaban J connectivity index is 2.02. The first-order valence-corrected chi connectivity index (χ1v) is 6.61. The molecule has 2 rings (SSSR count). The van der Waals surface area contributed by atoms with Crippen LogP contribution in [0.15, 0.2) is 42.5 Å². The van der Waals surface area contributed by atoms with E-state index in [0.717, 1.165) is 11.1 Å². The largest absolute Gasteiger partial charge is 0.306 e. The second kappa shape index (κ2) is 5.98. The Morgan fingerprint density at radius 3 is 2.42 bits per heavy atom. The zero-order valence-electron chi connectivity index (χ0n) is 11.7. The summed E-state index contributed by atoms with van der Waals surface area (Å²) in [5.74, 6) is -0.176. The van der Waals surface area contributed by atoms with E-state index in [-0.39, 0.29) is 11.9 Å². The topological polar surface area (TPSA) is 12.0 Å². The van der Waals surface area contributed by atoms with Gasteiger partial charge in [0.2, 0.25) is 0 Å². The van der Waals surface area contributed by atoms with Gasteiger partial charge in [0.05, 0.1) is 0 Å². The van der Waals surface area contributed by atoms with Crippen molar-refractivity contribution in [3.05, 3.63) is 70.5 Å². The van der Waals surface area contributed by atoms with Crippen molar-refractivity contribution >= 4 is 0 Å². The summed E-state index contributed by atoms with van der Waals surface area (Å²) in [5.41, 5.74) is 4.64. The van der Waals surface area contributed by atoms with Gasteiger partial charge in [-0.25, -0.2) is 4.39 Å². The van der Waals surface area contributed by atoms with Crippen LogP contribution in [0.1, 0.15) is 35.2 Å². The molecule has 2 heteroatoms. The summed E-state index contributed by atoms with van der Waals surface area (Å²) in [5, 5.41) is 3.44. The van der Waals surface area contributed by atoms with Crippen molar-refractivity contribution in [2.75, 3.05) is 0 Å². The first-order chi connectivity index (χ1) is 9.06. The van der Waals surface area contributed by atoms with Gasteiger partial charge in [-0.1, -0.05) is 35.9 Å². The van der Waals surface area contributed by atoms with E-state index in [1.165, 1.54) is 17.2 Å². The van der Waals surface area contributed by atoms with Gasteiger partial charge >= 0.3 is 0 Å². The molecule has 0 saturated carbocycles. The first kappa shape index (κ1) is 13.8. The van der Waals surface area contributed by atoms with Crippen molar-refractivity contribution in [3.63, 3.8) is 0 Å². The lowest BCUT2D eigenvalue weighted by Crippen LogP contribution is -2.18. The molecule has 1 N–H and O–H groups in total. The number of nitrogens with one attached hydrogen (secondary N) is 1. The lowest BCUT2D eigenvalue weighted by atomic mass is 10.0. The third-order valence-corrected chi connectivity index (χ3v) is 3.49. The molecule has 0 unspecified atom stereocenters. The summed E-state index contributed by atoms with van der Waals surface area (Å²) in [7, 11) is 0. The lowest BCUT2D eigenvalue weighted by Gasteiger charge is -2.15. The van der Waals surface area contributed by atoms with E-state index in [1.54, 1.807) is 6.07 Å². The number of halogens is 1. The molecule has 0 spiro atoms. The first-order valence-electron chi connectivity index (χ1n) is 6.61. The van der Waals surface area contributed by atoms with E-state index < -0.39 is 0 Å². The second-order valence-electron chi connectivity index (χ2n) is 5.08. The molecule has 0 saturated heterocycles. The number of hydrogen-bond donors (Lipinski definition) is 1. The van der Waals surface area contributed by atoms with Gasteiger partial charge in [-0.3, -0.25) is 0 Å².